The highest BCUT2D eigenvalue weighted by molar-refractivity contribution is 6.04. The maximum Gasteiger partial charge on any atom is 0.349 e. The van der Waals surface area contributed by atoms with Gasteiger partial charge in [0.15, 0.2) is 0 Å². The predicted octanol–water partition coefficient (Wildman–Crippen LogP) is 3.85. The Hall–Kier alpha value is -3.35. The van der Waals surface area contributed by atoms with Crippen LogP contribution in [0.15, 0.2) is 53.3 Å². The van der Waals surface area contributed by atoms with Gasteiger partial charge in [-0.25, -0.2) is 9.59 Å². The van der Waals surface area contributed by atoms with Crippen LogP contribution in [-0.4, -0.2) is 22.7 Å². The molecule has 0 radical (unpaired) electrons. The van der Waals surface area contributed by atoms with E-state index >= 15 is 0 Å². The summed E-state index contributed by atoms with van der Waals surface area (Å²) in [7, 11) is 1.56. The lowest BCUT2D eigenvalue weighted by Gasteiger charge is -2.16. The molecule has 2 aromatic carbocycles. The zero-order valence-corrected chi connectivity index (χ0v) is 15.4. The Morgan fingerprint density at radius 2 is 1.96 bits per heavy atom. The molecule has 0 spiro atoms. The molecule has 27 heavy (non-hydrogen) atoms. The van der Waals surface area contributed by atoms with Gasteiger partial charge in [-0.1, -0.05) is 31.5 Å². The van der Waals surface area contributed by atoms with Crippen LogP contribution in [0.3, 0.4) is 0 Å². The molecule has 2 amide bonds. The summed E-state index contributed by atoms with van der Waals surface area (Å²) in [5.74, 6) is 1.08. The lowest BCUT2D eigenvalue weighted by molar-refractivity contribution is 0.262. The predicted molar refractivity (Wildman–Crippen MR) is 107 cm³/mol. The van der Waals surface area contributed by atoms with Gasteiger partial charge in [-0.15, -0.1) is 0 Å². The van der Waals surface area contributed by atoms with Gasteiger partial charge in [0, 0.05) is 23.7 Å². The van der Waals surface area contributed by atoms with Crippen molar-refractivity contribution in [3.05, 3.63) is 59.0 Å². The normalized spacial score (nSPS) is 10.6. The quantitative estimate of drug-likeness (QED) is 0.694. The lowest BCUT2D eigenvalue weighted by atomic mass is 10.2. The summed E-state index contributed by atoms with van der Waals surface area (Å²) in [6, 6.07) is 13.9. The number of nitrogens with one attached hydrogen (secondary N) is 2. The molecule has 3 rings (SSSR count). The van der Waals surface area contributed by atoms with Crippen molar-refractivity contribution in [3.8, 4) is 5.75 Å². The minimum absolute atomic E-state index is 0.376. The second kappa shape index (κ2) is 8.35. The molecular weight excluding hydrogens is 344 g/mol. The first-order chi connectivity index (χ1) is 13.1. The number of ether oxygens (including phenoxy) is 1. The van der Waals surface area contributed by atoms with Crippen LogP contribution < -0.4 is 21.1 Å². The number of benzene rings is 2. The molecule has 7 heteroatoms. The van der Waals surface area contributed by atoms with E-state index in [0.717, 1.165) is 12.8 Å². The molecule has 0 atom stereocenters. The Kier molecular flexibility index (Phi) is 5.71. The van der Waals surface area contributed by atoms with E-state index in [1.807, 2.05) is 25.1 Å². The molecule has 0 saturated carbocycles. The van der Waals surface area contributed by atoms with Gasteiger partial charge >= 0.3 is 11.7 Å². The molecule has 0 saturated heterocycles. The fourth-order valence-electron chi connectivity index (χ4n) is 2.81. The van der Waals surface area contributed by atoms with Gasteiger partial charge in [0.25, 0.3) is 0 Å². The van der Waals surface area contributed by atoms with Crippen molar-refractivity contribution in [2.24, 2.45) is 0 Å². The number of aromatic nitrogens is 2. The summed E-state index contributed by atoms with van der Waals surface area (Å²) in [6.07, 6.45) is 1.74. The van der Waals surface area contributed by atoms with Crippen LogP contribution in [0.4, 0.5) is 16.3 Å². The van der Waals surface area contributed by atoms with Crippen molar-refractivity contribution in [2.75, 3.05) is 17.7 Å². The minimum Gasteiger partial charge on any atom is -0.497 e. The number of rotatable bonds is 6. The first kappa shape index (κ1) is 18.4. The first-order valence-corrected chi connectivity index (χ1v) is 8.84. The highest BCUT2D eigenvalue weighted by Crippen LogP contribution is 2.21. The zero-order chi connectivity index (χ0) is 19.2. The van der Waals surface area contributed by atoms with Crippen molar-refractivity contribution in [1.29, 1.82) is 0 Å². The summed E-state index contributed by atoms with van der Waals surface area (Å²) in [6.45, 7) is 2.53. The molecule has 2 N–H and O–H groups in total. The SMILES string of the molecule is CCCCn1c(NC(=O)Nc2cccc(OC)c2)c2ccccc2nc1=O. The number of para-hydroxylation sites is 1. The third-order valence-electron chi connectivity index (χ3n) is 4.17. The maximum absolute atomic E-state index is 12.6. The van der Waals surface area contributed by atoms with E-state index in [4.69, 9.17) is 4.74 Å². The Bertz CT molecular complexity index is 1010. The van der Waals surface area contributed by atoms with E-state index in [-0.39, 0.29) is 5.69 Å². The number of methoxy groups -OCH3 is 1. The van der Waals surface area contributed by atoms with Crippen molar-refractivity contribution >= 4 is 28.4 Å². The fourth-order valence-corrected chi connectivity index (χ4v) is 2.81. The number of fused-ring (bicyclic) bond motifs is 1. The van der Waals surface area contributed by atoms with Crippen LogP contribution in [0.5, 0.6) is 5.75 Å². The van der Waals surface area contributed by atoms with Gasteiger partial charge in [0.2, 0.25) is 0 Å². The van der Waals surface area contributed by atoms with Crippen molar-refractivity contribution in [2.45, 2.75) is 26.3 Å². The summed E-state index contributed by atoms with van der Waals surface area (Å²) < 4.78 is 6.68. The average Bonchev–Trinajstić information content (AvgIpc) is 2.67. The van der Waals surface area contributed by atoms with Crippen LogP contribution in [-0.2, 0) is 6.54 Å². The molecule has 1 heterocycles. The Morgan fingerprint density at radius 1 is 1.15 bits per heavy atom. The van der Waals surface area contributed by atoms with Gasteiger partial charge in [-0.2, -0.15) is 4.98 Å². The highest BCUT2D eigenvalue weighted by atomic mass is 16.5. The molecular formula is C20H22N4O3. The number of hydrogen-bond acceptors (Lipinski definition) is 4. The largest absolute Gasteiger partial charge is 0.497 e. The van der Waals surface area contributed by atoms with E-state index in [1.54, 1.807) is 37.4 Å². The number of unbranched alkanes of at least 4 members (excludes halogenated alkanes) is 1. The zero-order valence-electron chi connectivity index (χ0n) is 15.4. The molecule has 0 fully saturated rings. The highest BCUT2D eigenvalue weighted by Gasteiger charge is 2.14. The molecule has 7 nitrogen and oxygen atoms in total. The lowest BCUT2D eigenvalue weighted by Crippen LogP contribution is -2.29. The van der Waals surface area contributed by atoms with Crippen LogP contribution in [0.1, 0.15) is 19.8 Å². The molecule has 3 aromatic rings. The number of amides is 2. The van der Waals surface area contributed by atoms with Crippen LogP contribution in [0, 0.1) is 0 Å². The fraction of sp³-hybridized carbons (Fsp3) is 0.250. The molecule has 0 aliphatic rings. The van der Waals surface area contributed by atoms with E-state index in [2.05, 4.69) is 15.6 Å². The van der Waals surface area contributed by atoms with Crippen molar-refractivity contribution in [3.63, 3.8) is 0 Å². The van der Waals surface area contributed by atoms with Crippen LogP contribution >= 0.6 is 0 Å². The summed E-state index contributed by atoms with van der Waals surface area (Å²) in [4.78, 5) is 29.1. The van der Waals surface area contributed by atoms with E-state index in [9.17, 15) is 9.59 Å². The number of carbonyl (C=O) groups is 1. The third-order valence-corrected chi connectivity index (χ3v) is 4.17. The van der Waals surface area contributed by atoms with E-state index in [1.165, 1.54) is 4.57 Å². The molecule has 140 valence electrons. The molecule has 0 aliphatic heterocycles. The molecule has 0 unspecified atom stereocenters. The number of nitrogens with zero attached hydrogens (tertiary/aromatic N) is 2. The monoisotopic (exact) mass is 366 g/mol. The summed E-state index contributed by atoms with van der Waals surface area (Å²) in [5.41, 5.74) is 0.762. The minimum atomic E-state index is -0.441. The second-order valence-electron chi connectivity index (χ2n) is 6.08. The van der Waals surface area contributed by atoms with E-state index in [0.29, 0.717) is 34.7 Å². The number of carbonyl (C=O) groups excluding carboxylic acids is 1. The summed E-state index contributed by atoms with van der Waals surface area (Å²) >= 11 is 0. The average molecular weight is 366 g/mol. The van der Waals surface area contributed by atoms with Crippen molar-refractivity contribution < 1.29 is 9.53 Å². The Balaban J connectivity index is 1.94. The van der Waals surface area contributed by atoms with Crippen molar-refractivity contribution in [1.82, 2.24) is 9.55 Å². The molecule has 0 aliphatic carbocycles. The molecule has 0 bridgehead atoms. The van der Waals surface area contributed by atoms with Crippen LogP contribution in [0.25, 0.3) is 10.9 Å². The van der Waals surface area contributed by atoms with Gasteiger partial charge in [-0.3, -0.25) is 9.88 Å². The van der Waals surface area contributed by atoms with Gasteiger partial charge < -0.3 is 10.1 Å². The van der Waals surface area contributed by atoms with Gasteiger partial charge in [0.1, 0.15) is 11.6 Å². The Morgan fingerprint density at radius 3 is 2.74 bits per heavy atom. The Labute approximate surface area is 157 Å². The summed E-state index contributed by atoms with van der Waals surface area (Å²) in [5, 5.41) is 6.30. The van der Waals surface area contributed by atoms with E-state index < -0.39 is 6.03 Å². The third kappa shape index (κ3) is 4.25. The second-order valence-corrected chi connectivity index (χ2v) is 6.08. The smallest absolute Gasteiger partial charge is 0.349 e. The first-order valence-electron chi connectivity index (χ1n) is 8.84. The van der Waals surface area contributed by atoms with Crippen LogP contribution in [0.2, 0.25) is 0 Å². The number of anilines is 2. The van der Waals surface area contributed by atoms with Gasteiger partial charge in [-0.05, 0) is 30.7 Å². The number of hydrogen-bond donors (Lipinski definition) is 2. The molecule has 1 aromatic heterocycles. The standard InChI is InChI=1S/C20H22N4O3/c1-3-4-12-24-18(16-10-5-6-11-17(16)22-20(24)26)23-19(25)21-14-8-7-9-15(13-14)27-2/h5-11,13H,3-4,12H2,1-2H3,(H2,21,23,25). The number of urea groups is 1. The topological polar surface area (TPSA) is 85.2 Å². The van der Waals surface area contributed by atoms with Gasteiger partial charge in [0.05, 0.1) is 12.6 Å². The maximum atomic E-state index is 12.6.